The molecule has 1 aliphatic carbocycles. The van der Waals surface area contributed by atoms with Gasteiger partial charge in [0, 0.05) is 17.5 Å². The molecule has 1 saturated carbocycles. The molecule has 1 spiro atoms. The van der Waals surface area contributed by atoms with Crippen molar-refractivity contribution in [2.24, 2.45) is 5.92 Å². The maximum absolute atomic E-state index is 11.8. The molecule has 2 fully saturated rings. The first-order valence-corrected chi connectivity index (χ1v) is 6.70. The highest BCUT2D eigenvalue weighted by Crippen LogP contribution is 2.38. The van der Waals surface area contributed by atoms with Gasteiger partial charge in [0.25, 0.3) is 0 Å². The number of amides is 1. The summed E-state index contributed by atoms with van der Waals surface area (Å²) in [5.74, 6) is 0.399. The highest BCUT2D eigenvalue weighted by Gasteiger charge is 2.41. The van der Waals surface area contributed by atoms with Crippen LogP contribution in [0.15, 0.2) is 0 Å². The first-order valence-electron chi connectivity index (χ1n) is 6.70. The maximum atomic E-state index is 11.8. The maximum Gasteiger partial charge on any atom is 0.223 e. The van der Waals surface area contributed by atoms with Crippen molar-refractivity contribution in [3.05, 3.63) is 0 Å². The number of hydrogen-bond acceptors (Lipinski definition) is 2. The van der Waals surface area contributed by atoms with Crippen molar-refractivity contribution in [2.75, 3.05) is 6.54 Å². The number of rotatable bonds is 3. The van der Waals surface area contributed by atoms with Crippen LogP contribution in [-0.4, -0.2) is 24.0 Å². The molecule has 2 unspecified atom stereocenters. The predicted octanol–water partition coefficient (Wildman–Crippen LogP) is 1.82. The van der Waals surface area contributed by atoms with Gasteiger partial charge in [0.2, 0.25) is 5.91 Å². The van der Waals surface area contributed by atoms with Crippen LogP contribution in [0, 0.1) is 5.92 Å². The van der Waals surface area contributed by atoms with Crippen LogP contribution < -0.4 is 10.6 Å². The standard InChI is InChI=1S/C13H24N2O/c1-3-10(2)12(16)15-11-5-8-14-13(9-11)6-4-7-13/h10-11,14H,3-9H2,1-2H3,(H,15,16). The summed E-state index contributed by atoms with van der Waals surface area (Å²) in [5.41, 5.74) is 0.381. The summed E-state index contributed by atoms with van der Waals surface area (Å²) in [5, 5.41) is 6.84. The summed E-state index contributed by atoms with van der Waals surface area (Å²) in [7, 11) is 0. The van der Waals surface area contributed by atoms with E-state index in [0.717, 1.165) is 25.8 Å². The van der Waals surface area contributed by atoms with Crippen LogP contribution in [-0.2, 0) is 4.79 Å². The summed E-state index contributed by atoms with van der Waals surface area (Å²) < 4.78 is 0. The molecule has 2 aliphatic rings. The minimum absolute atomic E-state index is 0.159. The van der Waals surface area contributed by atoms with Crippen LogP contribution in [0.3, 0.4) is 0 Å². The van der Waals surface area contributed by atoms with Gasteiger partial charge in [-0.3, -0.25) is 4.79 Å². The second-order valence-corrected chi connectivity index (χ2v) is 5.57. The van der Waals surface area contributed by atoms with Crippen LogP contribution >= 0.6 is 0 Å². The molecule has 0 aromatic carbocycles. The fraction of sp³-hybridized carbons (Fsp3) is 0.923. The molecule has 1 heterocycles. The number of nitrogens with one attached hydrogen (secondary N) is 2. The Morgan fingerprint density at radius 3 is 2.88 bits per heavy atom. The third-order valence-electron chi connectivity index (χ3n) is 4.35. The molecule has 0 aromatic heterocycles. The van der Waals surface area contributed by atoms with Crippen molar-refractivity contribution in [3.8, 4) is 0 Å². The first kappa shape index (κ1) is 11.9. The van der Waals surface area contributed by atoms with E-state index in [1.54, 1.807) is 0 Å². The predicted molar refractivity (Wildman–Crippen MR) is 65.2 cm³/mol. The summed E-state index contributed by atoms with van der Waals surface area (Å²) in [6.07, 6.45) is 7.09. The van der Waals surface area contributed by atoms with E-state index < -0.39 is 0 Å². The molecule has 2 rings (SSSR count). The zero-order valence-electron chi connectivity index (χ0n) is 10.5. The lowest BCUT2D eigenvalue weighted by Crippen LogP contribution is -2.60. The zero-order valence-corrected chi connectivity index (χ0v) is 10.5. The van der Waals surface area contributed by atoms with Crippen LogP contribution in [0.2, 0.25) is 0 Å². The molecule has 1 aliphatic heterocycles. The second-order valence-electron chi connectivity index (χ2n) is 5.57. The van der Waals surface area contributed by atoms with Gasteiger partial charge in [0.1, 0.15) is 0 Å². The Bertz CT molecular complexity index is 261. The lowest BCUT2D eigenvalue weighted by atomic mass is 9.70. The molecule has 16 heavy (non-hydrogen) atoms. The minimum Gasteiger partial charge on any atom is -0.353 e. The SMILES string of the molecule is CCC(C)C(=O)NC1CCNC2(CCC2)C1. The van der Waals surface area contributed by atoms with Gasteiger partial charge in [-0.15, -0.1) is 0 Å². The molecule has 2 atom stereocenters. The molecule has 3 heteroatoms. The average Bonchev–Trinajstić information content (AvgIpc) is 2.26. The van der Waals surface area contributed by atoms with E-state index in [1.807, 2.05) is 6.92 Å². The van der Waals surface area contributed by atoms with Gasteiger partial charge < -0.3 is 10.6 Å². The molecular weight excluding hydrogens is 200 g/mol. The third kappa shape index (κ3) is 2.40. The fourth-order valence-corrected chi connectivity index (χ4v) is 2.79. The Morgan fingerprint density at radius 2 is 2.31 bits per heavy atom. The Morgan fingerprint density at radius 1 is 1.56 bits per heavy atom. The molecule has 0 radical (unpaired) electrons. The van der Waals surface area contributed by atoms with Crippen molar-refractivity contribution < 1.29 is 4.79 Å². The summed E-state index contributed by atoms with van der Waals surface area (Å²) >= 11 is 0. The minimum atomic E-state index is 0.159. The Labute approximate surface area is 98.4 Å². The monoisotopic (exact) mass is 224 g/mol. The highest BCUT2D eigenvalue weighted by molar-refractivity contribution is 5.78. The summed E-state index contributed by atoms with van der Waals surface area (Å²) in [6.45, 7) is 5.14. The van der Waals surface area contributed by atoms with Gasteiger partial charge in [0.15, 0.2) is 0 Å². The van der Waals surface area contributed by atoms with Crippen LogP contribution in [0.5, 0.6) is 0 Å². The normalized spacial score (nSPS) is 29.5. The number of piperidine rings is 1. The molecule has 0 aromatic rings. The number of carbonyl (C=O) groups excluding carboxylic acids is 1. The Balaban J connectivity index is 1.83. The van der Waals surface area contributed by atoms with E-state index >= 15 is 0 Å². The molecule has 1 amide bonds. The van der Waals surface area contributed by atoms with Crippen LogP contribution in [0.4, 0.5) is 0 Å². The van der Waals surface area contributed by atoms with E-state index in [0.29, 0.717) is 11.6 Å². The van der Waals surface area contributed by atoms with E-state index in [1.165, 1.54) is 19.3 Å². The molecular formula is C13H24N2O. The van der Waals surface area contributed by atoms with Gasteiger partial charge in [-0.05, 0) is 45.1 Å². The van der Waals surface area contributed by atoms with E-state index in [-0.39, 0.29) is 11.8 Å². The zero-order chi connectivity index (χ0) is 11.6. The van der Waals surface area contributed by atoms with Crippen molar-refractivity contribution in [1.82, 2.24) is 10.6 Å². The number of carbonyl (C=O) groups is 1. The van der Waals surface area contributed by atoms with Gasteiger partial charge in [-0.25, -0.2) is 0 Å². The van der Waals surface area contributed by atoms with Crippen LogP contribution in [0.1, 0.15) is 52.4 Å². The average molecular weight is 224 g/mol. The van der Waals surface area contributed by atoms with Gasteiger partial charge >= 0.3 is 0 Å². The van der Waals surface area contributed by atoms with E-state index in [4.69, 9.17) is 0 Å². The number of hydrogen-bond donors (Lipinski definition) is 2. The second kappa shape index (κ2) is 4.74. The summed E-state index contributed by atoms with van der Waals surface area (Å²) in [6, 6.07) is 0.406. The van der Waals surface area contributed by atoms with Crippen molar-refractivity contribution in [1.29, 1.82) is 0 Å². The van der Waals surface area contributed by atoms with Crippen molar-refractivity contribution >= 4 is 5.91 Å². The Hall–Kier alpha value is -0.570. The smallest absolute Gasteiger partial charge is 0.223 e. The third-order valence-corrected chi connectivity index (χ3v) is 4.35. The van der Waals surface area contributed by atoms with E-state index in [2.05, 4.69) is 17.6 Å². The van der Waals surface area contributed by atoms with Crippen LogP contribution in [0.25, 0.3) is 0 Å². The fourth-order valence-electron chi connectivity index (χ4n) is 2.79. The van der Waals surface area contributed by atoms with Crippen molar-refractivity contribution in [3.63, 3.8) is 0 Å². The summed E-state index contributed by atoms with van der Waals surface area (Å²) in [4.78, 5) is 11.8. The van der Waals surface area contributed by atoms with E-state index in [9.17, 15) is 4.79 Å². The lowest BCUT2D eigenvalue weighted by Gasteiger charge is -2.48. The molecule has 92 valence electrons. The van der Waals surface area contributed by atoms with Gasteiger partial charge in [0.05, 0.1) is 0 Å². The molecule has 3 nitrogen and oxygen atoms in total. The largest absolute Gasteiger partial charge is 0.353 e. The molecule has 0 bridgehead atoms. The van der Waals surface area contributed by atoms with Gasteiger partial charge in [-0.1, -0.05) is 13.8 Å². The lowest BCUT2D eigenvalue weighted by molar-refractivity contribution is -0.125. The topological polar surface area (TPSA) is 41.1 Å². The van der Waals surface area contributed by atoms with Gasteiger partial charge in [-0.2, -0.15) is 0 Å². The molecule has 1 saturated heterocycles. The first-order chi connectivity index (χ1) is 7.65. The quantitative estimate of drug-likeness (QED) is 0.768. The van der Waals surface area contributed by atoms with Crippen molar-refractivity contribution in [2.45, 2.75) is 64.0 Å². The Kier molecular flexibility index (Phi) is 3.53. The molecule has 2 N–H and O–H groups in total. The highest BCUT2D eigenvalue weighted by atomic mass is 16.1.